The van der Waals surface area contributed by atoms with Crippen LogP contribution in [0.3, 0.4) is 0 Å². The molecule has 1 aliphatic rings. The van der Waals surface area contributed by atoms with Gasteiger partial charge in [0.1, 0.15) is 11.1 Å². The fourth-order valence-corrected chi connectivity index (χ4v) is 3.77. The molecule has 1 aliphatic heterocycles. The summed E-state index contributed by atoms with van der Waals surface area (Å²) in [6, 6.07) is 6.45. The number of hydrogen-bond donors (Lipinski definition) is 3. The van der Waals surface area contributed by atoms with E-state index in [1.165, 1.54) is 11.8 Å². The molecule has 0 radical (unpaired) electrons. The van der Waals surface area contributed by atoms with Crippen LogP contribution in [-0.4, -0.2) is 70.7 Å². The number of aliphatic carboxylic acids is 1. The minimum Gasteiger partial charge on any atom is -0.481 e. The number of amides is 2. The van der Waals surface area contributed by atoms with Crippen molar-refractivity contribution in [3.63, 3.8) is 0 Å². The molecule has 2 atom stereocenters. The van der Waals surface area contributed by atoms with Crippen LogP contribution < -0.4 is 11.1 Å². The first-order valence-corrected chi connectivity index (χ1v) is 9.47. The molecule has 0 spiro atoms. The van der Waals surface area contributed by atoms with Crippen LogP contribution in [0.25, 0.3) is 0 Å². The van der Waals surface area contributed by atoms with Crippen LogP contribution in [0, 0.1) is 0 Å². The topological polar surface area (TPSA) is 137 Å². The van der Waals surface area contributed by atoms with Crippen molar-refractivity contribution in [2.24, 2.45) is 15.7 Å². The molecule has 1 fully saturated rings. The lowest BCUT2D eigenvalue weighted by molar-refractivity contribution is -0.136. The zero-order valence-electron chi connectivity index (χ0n) is 16.3. The first kappa shape index (κ1) is 24.6. The Labute approximate surface area is 183 Å². The quantitative estimate of drug-likeness (QED) is 0.405. The molecule has 2 unspecified atom stereocenters. The van der Waals surface area contributed by atoms with Crippen molar-refractivity contribution in [3.8, 4) is 0 Å². The lowest BCUT2D eigenvalue weighted by Crippen LogP contribution is -2.41. The van der Waals surface area contributed by atoms with Crippen molar-refractivity contribution in [2.75, 3.05) is 20.6 Å². The second-order valence-corrected chi connectivity index (χ2v) is 7.32. The smallest absolute Gasteiger partial charge is 0.305 e. The van der Waals surface area contributed by atoms with Crippen molar-refractivity contribution >= 4 is 57.5 Å². The summed E-state index contributed by atoms with van der Waals surface area (Å²) in [4.78, 5) is 45.1. The number of carbonyl (C=O) groups is 3. The van der Waals surface area contributed by atoms with Crippen molar-refractivity contribution in [1.82, 2.24) is 10.2 Å². The van der Waals surface area contributed by atoms with Crippen molar-refractivity contribution < 1.29 is 19.5 Å². The highest BCUT2D eigenvalue weighted by Gasteiger charge is 2.39. The lowest BCUT2D eigenvalue weighted by atomic mass is 10.1. The van der Waals surface area contributed by atoms with E-state index in [0.717, 1.165) is 0 Å². The molecule has 1 aromatic carbocycles. The monoisotopic (exact) mass is 485 g/mol. The van der Waals surface area contributed by atoms with E-state index in [0.29, 0.717) is 22.1 Å². The van der Waals surface area contributed by atoms with E-state index in [-0.39, 0.29) is 41.9 Å². The van der Waals surface area contributed by atoms with Gasteiger partial charge in [-0.3, -0.25) is 19.4 Å². The van der Waals surface area contributed by atoms with Gasteiger partial charge >= 0.3 is 5.97 Å². The van der Waals surface area contributed by atoms with Gasteiger partial charge in [-0.1, -0.05) is 23.9 Å². The third-order valence-electron chi connectivity index (χ3n) is 4.35. The number of rotatable bonds is 6. The van der Waals surface area contributed by atoms with Crippen molar-refractivity contribution in [1.29, 1.82) is 0 Å². The molecule has 9 nitrogen and oxygen atoms in total. The molecule has 2 amide bonds. The SMILES string of the molecule is Br.CN=C(N)c1ccc(C(=O)N=C2SC(C(=O)NCCC(=O)O)C(C)N2C)cc1. The average molecular weight is 486 g/mol. The van der Waals surface area contributed by atoms with Gasteiger partial charge in [0, 0.05) is 37.8 Å². The predicted molar refractivity (Wildman–Crippen MR) is 119 cm³/mol. The summed E-state index contributed by atoms with van der Waals surface area (Å²) >= 11 is 1.18. The Morgan fingerprint density at radius 1 is 1.24 bits per heavy atom. The molecule has 1 heterocycles. The minimum atomic E-state index is -0.977. The Kier molecular flexibility index (Phi) is 9.31. The fourth-order valence-electron chi connectivity index (χ4n) is 2.51. The molecular formula is C18H24BrN5O4S. The molecule has 11 heteroatoms. The fraction of sp³-hybridized carbons (Fsp3) is 0.389. The number of carboxylic acids is 1. The van der Waals surface area contributed by atoms with E-state index < -0.39 is 17.1 Å². The Balaban J connectivity index is 0.00000420. The van der Waals surface area contributed by atoms with Gasteiger partial charge in [-0.15, -0.1) is 17.0 Å². The number of carbonyl (C=O) groups excluding carboxylic acids is 2. The summed E-state index contributed by atoms with van der Waals surface area (Å²) in [6.07, 6.45) is -0.143. The largest absolute Gasteiger partial charge is 0.481 e. The average Bonchev–Trinajstić information content (AvgIpc) is 2.95. The van der Waals surface area contributed by atoms with Gasteiger partial charge in [0.2, 0.25) is 5.91 Å². The van der Waals surface area contributed by atoms with Crippen LogP contribution in [0.1, 0.15) is 29.3 Å². The maximum Gasteiger partial charge on any atom is 0.305 e. The van der Waals surface area contributed by atoms with E-state index in [9.17, 15) is 14.4 Å². The summed E-state index contributed by atoms with van der Waals surface area (Å²) in [5, 5.41) is 11.2. The number of nitrogens with two attached hydrogens (primary N) is 1. The molecule has 0 aliphatic carbocycles. The number of benzene rings is 1. The van der Waals surface area contributed by atoms with Gasteiger partial charge in [0.05, 0.1) is 6.42 Å². The molecule has 0 saturated carbocycles. The summed E-state index contributed by atoms with van der Waals surface area (Å²) in [5.41, 5.74) is 6.85. The summed E-state index contributed by atoms with van der Waals surface area (Å²) in [5.74, 6) is -1.30. The first-order chi connectivity index (χ1) is 13.2. The minimum absolute atomic E-state index is 0. The summed E-state index contributed by atoms with van der Waals surface area (Å²) in [6.45, 7) is 1.91. The van der Waals surface area contributed by atoms with E-state index in [1.54, 1.807) is 43.3 Å². The van der Waals surface area contributed by atoms with Crippen LogP contribution in [0.2, 0.25) is 0 Å². The molecule has 0 aromatic heterocycles. The molecule has 1 aromatic rings. The second kappa shape index (κ2) is 11.0. The van der Waals surface area contributed by atoms with Gasteiger partial charge in [0.15, 0.2) is 5.17 Å². The highest BCUT2D eigenvalue weighted by molar-refractivity contribution is 8.93. The Bertz CT molecular complexity index is 828. The van der Waals surface area contributed by atoms with Gasteiger partial charge in [-0.05, 0) is 19.1 Å². The number of amidine groups is 2. The number of nitrogens with one attached hydrogen (secondary N) is 1. The highest BCUT2D eigenvalue weighted by atomic mass is 79.9. The maximum atomic E-state index is 12.5. The van der Waals surface area contributed by atoms with Gasteiger partial charge in [0.25, 0.3) is 5.91 Å². The maximum absolute atomic E-state index is 12.5. The van der Waals surface area contributed by atoms with Gasteiger partial charge in [-0.2, -0.15) is 4.99 Å². The third kappa shape index (κ3) is 6.29. The number of hydrogen-bond acceptors (Lipinski definition) is 5. The molecular weight excluding hydrogens is 462 g/mol. The van der Waals surface area contributed by atoms with Crippen molar-refractivity contribution in [3.05, 3.63) is 35.4 Å². The van der Waals surface area contributed by atoms with E-state index in [4.69, 9.17) is 10.8 Å². The normalized spacial score (nSPS) is 20.3. The van der Waals surface area contributed by atoms with Gasteiger partial charge in [-0.25, -0.2) is 0 Å². The number of halogens is 1. The number of nitrogens with zero attached hydrogens (tertiary/aromatic N) is 3. The number of carboxylic acid groups (broad SMARTS) is 1. The zero-order chi connectivity index (χ0) is 20.8. The molecule has 4 N–H and O–H groups in total. The summed E-state index contributed by atoms with van der Waals surface area (Å²) < 4.78 is 0. The zero-order valence-corrected chi connectivity index (χ0v) is 18.8. The Hall–Kier alpha value is -2.40. The van der Waals surface area contributed by atoms with Crippen LogP contribution in [0.5, 0.6) is 0 Å². The molecule has 0 bridgehead atoms. The van der Waals surface area contributed by atoms with Crippen molar-refractivity contribution in [2.45, 2.75) is 24.6 Å². The van der Waals surface area contributed by atoms with Gasteiger partial charge < -0.3 is 21.1 Å². The number of aliphatic imine (C=N–C) groups is 2. The molecule has 158 valence electrons. The molecule has 29 heavy (non-hydrogen) atoms. The Morgan fingerprint density at radius 2 is 1.83 bits per heavy atom. The summed E-state index contributed by atoms with van der Waals surface area (Å²) in [7, 11) is 3.35. The van der Waals surface area contributed by atoms with Crippen LogP contribution in [-0.2, 0) is 9.59 Å². The Morgan fingerprint density at radius 3 is 2.38 bits per heavy atom. The molecule has 1 saturated heterocycles. The predicted octanol–water partition coefficient (Wildman–Crippen LogP) is 1.12. The van der Waals surface area contributed by atoms with Crippen LogP contribution in [0.15, 0.2) is 34.3 Å². The van der Waals surface area contributed by atoms with Crippen LogP contribution in [0.4, 0.5) is 0 Å². The molecule has 2 rings (SSSR count). The lowest BCUT2D eigenvalue weighted by Gasteiger charge is -2.19. The van der Waals surface area contributed by atoms with E-state index in [2.05, 4.69) is 15.3 Å². The van der Waals surface area contributed by atoms with E-state index in [1.807, 2.05) is 6.92 Å². The van der Waals surface area contributed by atoms with Crippen LogP contribution >= 0.6 is 28.7 Å². The first-order valence-electron chi connectivity index (χ1n) is 8.59. The highest BCUT2D eigenvalue weighted by Crippen LogP contribution is 2.30. The standard InChI is InChI=1S/C18H23N5O4S.BrH/c1-10-14(17(27)21-9-8-13(24)25)28-18(23(10)3)22-16(26)12-6-4-11(5-7-12)15(19)20-2;/h4-7,10,14H,8-9H2,1-3H3,(H2,19,20)(H,21,27)(H,24,25);1H. The third-order valence-corrected chi connectivity index (χ3v) is 5.80. The second-order valence-electron chi connectivity index (χ2n) is 6.21. The number of thioether (sulfide) groups is 1. The van der Waals surface area contributed by atoms with E-state index >= 15 is 0 Å².